The largest absolute Gasteiger partial charge is 0.497 e. The number of aldehydes is 1. The number of carbonyl (C=O) groups is 1. The summed E-state index contributed by atoms with van der Waals surface area (Å²) < 4.78 is 7.21. The average Bonchev–Trinajstić information content (AvgIpc) is 2.90. The van der Waals surface area contributed by atoms with Crippen molar-refractivity contribution < 1.29 is 9.53 Å². The van der Waals surface area contributed by atoms with Crippen molar-refractivity contribution in [2.24, 2.45) is 0 Å². The first-order valence-electron chi connectivity index (χ1n) is 6.02. The predicted molar refractivity (Wildman–Crippen MR) is 75.2 cm³/mol. The molecule has 19 heavy (non-hydrogen) atoms. The van der Waals surface area contributed by atoms with Crippen LogP contribution in [0.15, 0.2) is 54.7 Å². The molecule has 1 heterocycles. The zero-order valence-corrected chi connectivity index (χ0v) is 10.5. The molecule has 0 saturated heterocycles. The second-order valence-corrected chi connectivity index (χ2v) is 4.32. The van der Waals surface area contributed by atoms with Crippen LogP contribution in [0.25, 0.3) is 16.6 Å². The predicted octanol–water partition coefficient (Wildman–Crippen LogP) is 3.45. The Morgan fingerprint density at radius 1 is 1.05 bits per heavy atom. The molecular weight excluding hydrogens is 238 g/mol. The SMILES string of the molecule is COc1ccc(-n2ccc3ccc(C=O)cc32)cc1. The van der Waals surface area contributed by atoms with Crippen molar-refractivity contribution in [1.82, 2.24) is 4.57 Å². The summed E-state index contributed by atoms with van der Waals surface area (Å²) in [7, 11) is 1.65. The quantitative estimate of drug-likeness (QED) is 0.667. The van der Waals surface area contributed by atoms with Gasteiger partial charge >= 0.3 is 0 Å². The molecule has 0 aliphatic heterocycles. The Labute approximate surface area is 111 Å². The first-order chi connectivity index (χ1) is 9.31. The van der Waals surface area contributed by atoms with E-state index in [1.807, 2.05) is 54.7 Å². The number of benzene rings is 2. The molecule has 0 unspecified atom stereocenters. The Morgan fingerprint density at radius 3 is 2.53 bits per heavy atom. The van der Waals surface area contributed by atoms with Gasteiger partial charge in [0.1, 0.15) is 12.0 Å². The van der Waals surface area contributed by atoms with Crippen LogP contribution in [0.4, 0.5) is 0 Å². The van der Waals surface area contributed by atoms with E-state index < -0.39 is 0 Å². The van der Waals surface area contributed by atoms with Crippen LogP contribution < -0.4 is 4.74 Å². The highest BCUT2D eigenvalue weighted by Crippen LogP contribution is 2.22. The highest BCUT2D eigenvalue weighted by atomic mass is 16.5. The van der Waals surface area contributed by atoms with Crippen LogP contribution in [-0.4, -0.2) is 18.0 Å². The van der Waals surface area contributed by atoms with Gasteiger partial charge in [-0.2, -0.15) is 0 Å². The Hall–Kier alpha value is -2.55. The maximum atomic E-state index is 10.9. The van der Waals surface area contributed by atoms with Gasteiger partial charge in [0.15, 0.2) is 0 Å². The van der Waals surface area contributed by atoms with Gasteiger partial charge in [-0.3, -0.25) is 4.79 Å². The van der Waals surface area contributed by atoms with Crippen LogP contribution in [0.2, 0.25) is 0 Å². The van der Waals surface area contributed by atoms with Crippen molar-refractivity contribution in [3.63, 3.8) is 0 Å². The maximum absolute atomic E-state index is 10.9. The minimum absolute atomic E-state index is 0.681. The summed E-state index contributed by atoms with van der Waals surface area (Å²) in [6, 6.07) is 15.5. The van der Waals surface area contributed by atoms with Crippen molar-refractivity contribution in [3.8, 4) is 11.4 Å². The number of methoxy groups -OCH3 is 1. The second kappa shape index (κ2) is 4.61. The van der Waals surface area contributed by atoms with E-state index in [1.54, 1.807) is 7.11 Å². The van der Waals surface area contributed by atoms with Crippen molar-refractivity contribution in [1.29, 1.82) is 0 Å². The minimum Gasteiger partial charge on any atom is -0.497 e. The lowest BCUT2D eigenvalue weighted by Crippen LogP contribution is -1.92. The number of hydrogen-bond donors (Lipinski definition) is 0. The molecule has 0 fully saturated rings. The van der Waals surface area contributed by atoms with E-state index in [4.69, 9.17) is 4.74 Å². The van der Waals surface area contributed by atoms with E-state index in [0.29, 0.717) is 5.56 Å². The molecule has 0 aliphatic rings. The fourth-order valence-electron chi connectivity index (χ4n) is 2.19. The van der Waals surface area contributed by atoms with E-state index in [0.717, 1.165) is 28.6 Å². The van der Waals surface area contributed by atoms with Crippen LogP contribution in [0.1, 0.15) is 10.4 Å². The maximum Gasteiger partial charge on any atom is 0.150 e. The Kier molecular flexibility index (Phi) is 2.80. The van der Waals surface area contributed by atoms with Gasteiger partial charge in [0.05, 0.1) is 12.6 Å². The molecule has 3 aromatic rings. The fraction of sp³-hybridized carbons (Fsp3) is 0.0625. The van der Waals surface area contributed by atoms with E-state index in [9.17, 15) is 4.79 Å². The van der Waals surface area contributed by atoms with Crippen LogP contribution in [0, 0.1) is 0 Å². The number of aromatic nitrogens is 1. The van der Waals surface area contributed by atoms with E-state index >= 15 is 0 Å². The Morgan fingerprint density at radius 2 is 1.84 bits per heavy atom. The molecule has 3 heteroatoms. The molecule has 2 aromatic carbocycles. The number of rotatable bonds is 3. The molecule has 0 atom stereocenters. The van der Waals surface area contributed by atoms with E-state index in [-0.39, 0.29) is 0 Å². The summed E-state index contributed by atoms with van der Waals surface area (Å²) in [5, 5.41) is 1.11. The van der Waals surface area contributed by atoms with Gasteiger partial charge in [-0.15, -0.1) is 0 Å². The Bertz CT molecular complexity index is 726. The lowest BCUT2D eigenvalue weighted by molar-refractivity contribution is 0.112. The average molecular weight is 251 g/mol. The number of carbonyl (C=O) groups excluding carboxylic acids is 1. The summed E-state index contributed by atoms with van der Waals surface area (Å²) in [4.78, 5) is 10.9. The van der Waals surface area contributed by atoms with E-state index in [1.165, 1.54) is 0 Å². The summed E-state index contributed by atoms with van der Waals surface area (Å²) in [6.07, 6.45) is 2.87. The van der Waals surface area contributed by atoms with Crippen LogP contribution in [0.5, 0.6) is 5.75 Å². The van der Waals surface area contributed by atoms with Gasteiger partial charge in [0.2, 0.25) is 0 Å². The van der Waals surface area contributed by atoms with Gasteiger partial charge in [-0.05, 0) is 41.8 Å². The summed E-state index contributed by atoms with van der Waals surface area (Å²) in [6.45, 7) is 0. The Balaban J connectivity index is 2.15. The van der Waals surface area contributed by atoms with E-state index in [2.05, 4.69) is 4.57 Å². The summed E-state index contributed by atoms with van der Waals surface area (Å²) in [5.41, 5.74) is 2.74. The monoisotopic (exact) mass is 251 g/mol. The molecule has 3 nitrogen and oxygen atoms in total. The van der Waals surface area contributed by atoms with Gasteiger partial charge in [-0.1, -0.05) is 12.1 Å². The molecule has 0 aliphatic carbocycles. The lowest BCUT2D eigenvalue weighted by Gasteiger charge is -2.07. The third-order valence-electron chi connectivity index (χ3n) is 3.20. The van der Waals surface area contributed by atoms with Crippen LogP contribution in [0.3, 0.4) is 0 Å². The van der Waals surface area contributed by atoms with Crippen molar-refractivity contribution in [3.05, 3.63) is 60.3 Å². The topological polar surface area (TPSA) is 31.2 Å². The molecule has 0 N–H and O–H groups in total. The van der Waals surface area contributed by atoms with Crippen molar-refractivity contribution in [2.75, 3.05) is 7.11 Å². The smallest absolute Gasteiger partial charge is 0.150 e. The number of hydrogen-bond acceptors (Lipinski definition) is 2. The first-order valence-corrected chi connectivity index (χ1v) is 6.02. The normalized spacial score (nSPS) is 10.6. The summed E-state index contributed by atoms with van der Waals surface area (Å²) in [5.74, 6) is 0.828. The molecule has 3 rings (SSSR count). The molecular formula is C16H13NO2. The minimum atomic E-state index is 0.681. The van der Waals surface area contributed by atoms with Crippen LogP contribution in [-0.2, 0) is 0 Å². The molecule has 0 radical (unpaired) electrons. The van der Waals surface area contributed by atoms with Gasteiger partial charge in [0, 0.05) is 17.4 Å². The molecule has 0 saturated carbocycles. The zero-order valence-electron chi connectivity index (χ0n) is 10.5. The first kappa shape index (κ1) is 11.5. The van der Waals surface area contributed by atoms with Gasteiger partial charge < -0.3 is 9.30 Å². The molecule has 94 valence electrons. The fourth-order valence-corrected chi connectivity index (χ4v) is 2.19. The summed E-state index contributed by atoms with van der Waals surface area (Å²) >= 11 is 0. The third kappa shape index (κ3) is 1.99. The number of nitrogens with zero attached hydrogens (tertiary/aromatic N) is 1. The lowest BCUT2D eigenvalue weighted by atomic mass is 10.2. The highest BCUT2D eigenvalue weighted by molar-refractivity contribution is 5.88. The highest BCUT2D eigenvalue weighted by Gasteiger charge is 2.04. The van der Waals surface area contributed by atoms with Gasteiger partial charge in [0.25, 0.3) is 0 Å². The van der Waals surface area contributed by atoms with Crippen molar-refractivity contribution >= 4 is 17.2 Å². The number of fused-ring (bicyclic) bond motifs is 1. The molecule has 0 spiro atoms. The molecule has 0 amide bonds. The van der Waals surface area contributed by atoms with Crippen molar-refractivity contribution in [2.45, 2.75) is 0 Å². The van der Waals surface area contributed by atoms with Gasteiger partial charge in [-0.25, -0.2) is 0 Å². The third-order valence-corrected chi connectivity index (χ3v) is 3.20. The standard InChI is InChI=1S/C16H13NO2/c1-19-15-6-4-14(5-7-15)17-9-8-13-3-2-12(11-18)10-16(13)17/h2-11H,1H3. The second-order valence-electron chi connectivity index (χ2n) is 4.32. The number of ether oxygens (including phenoxy) is 1. The molecule has 1 aromatic heterocycles. The molecule has 0 bridgehead atoms. The zero-order chi connectivity index (χ0) is 13.2. The van der Waals surface area contributed by atoms with Crippen LogP contribution >= 0.6 is 0 Å².